The number of nitrogens with zero attached hydrogens (tertiary/aromatic N) is 4. The van der Waals surface area contributed by atoms with Crippen LogP contribution in [0.25, 0.3) is 11.5 Å². The summed E-state index contributed by atoms with van der Waals surface area (Å²) in [4.78, 5) is 7.64. The Bertz CT molecular complexity index is 623. The Morgan fingerprint density at radius 1 is 1.11 bits per heavy atom. The average Bonchev–Trinajstić information content (AvgIpc) is 2.75. The number of rotatable bonds is 2. The van der Waals surface area contributed by atoms with Crippen LogP contribution in [-0.2, 0) is 0 Å². The molecule has 1 aromatic heterocycles. The molecule has 0 saturated carbocycles. The molecule has 0 amide bonds. The second-order valence-electron chi connectivity index (χ2n) is 3.68. The Hall–Kier alpha value is -2.90. The first-order valence-electron chi connectivity index (χ1n) is 5.39. The van der Waals surface area contributed by atoms with E-state index in [4.69, 9.17) is 21.6 Å². The van der Waals surface area contributed by atoms with E-state index in [1.807, 2.05) is 0 Å². The van der Waals surface area contributed by atoms with Crippen molar-refractivity contribution in [1.29, 1.82) is 0 Å². The molecule has 2 rings (SSSR count). The minimum Gasteiger partial charge on any atom is -0.421 e. The first-order chi connectivity index (χ1) is 9.04. The van der Waals surface area contributed by atoms with Crippen LogP contribution in [0.2, 0.25) is 0 Å². The van der Waals surface area contributed by atoms with Gasteiger partial charge in [0.2, 0.25) is 17.7 Å². The molecule has 6 N–H and O–H groups in total. The minimum atomic E-state index is -0.140. The van der Waals surface area contributed by atoms with E-state index in [-0.39, 0.29) is 11.9 Å². The maximum absolute atomic E-state index is 5.52. The van der Waals surface area contributed by atoms with Crippen molar-refractivity contribution < 1.29 is 4.42 Å². The highest BCUT2D eigenvalue weighted by atomic mass is 16.4. The number of aromatic nitrogens is 2. The molecule has 0 saturated heterocycles. The Kier molecular flexibility index (Phi) is 3.42. The van der Waals surface area contributed by atoms with Crippen molar-refractivity contribution in [3.63, 3.8) is 0 Å². The fourth-order valence-electron chi connectivity index (χ4n) is 1.38. The van der Waals surface area contributed by atoms with E-state index in [9.17, 15) is 0 Å². The van der Waals surface area contributed by atoms with Gasteiger partial charge in [-0.3, -0.25) is 0 Å². The van der Waals surface area contributed by atoms with Crippen LogP contribution in [0.5, 0.6) is 0 Å². The molecular formula is C11H13N7O. The zero-order chi connectivity index (χ0) is 13.8. The summed E-state index contributed by atoms with van der Waals surface area (Å²) in [5, 5.41) is 7.67. The van der Waals surface area contributed by atoms with Gasteiger partial charge < -0.3 is 21.6 Å². The van der Waals surface area contributed by atoms with E-state index in [2.05, 4.69) is 20.2 Å². The van der Waals surface area contributed by atoms with E-state index in [0.717, 1.165) is 5.56 Å². The minimum absolute atomic E-state index is 0.0126. The quantitative estimate of drug-likeness (QED) is 0.521. The first-order valence-corrected chi connectivity index (χ1v) is 5.39. The SMILES string of the molecule is Cc1nnc(-c2ccc(N=C(N)N=C(N)N)cc2)o1. The van der Waals surface area contributed by atoms with Crippen LogP contribution in [0.15, 0.2) is 38.7 Å². The number of aliphatic imine (C=N–C) groups is 2. The fraction of sp³-hybridized carbons (Fsp3) is 0.0909. The van der Waals surface area contributed by atoms with Crippen LogP contribution < -0.4 is 17.2 Å². The summed E-state index contributed by atoms with van der Waals surface area (Å²) in [6.07, 6.45) is 0. The van der Waals surface area contributed by atoms with E-state index < -0.39 is 0 Å². The average molecular weight is 259 g/mol. The summed E-state index contributed by atoms with van der Waals surface area (Å²) < 4.78 is 5.31. The van der Waals surface area contributed by atoms with Gasteiger partial charge in [-0.25, -0.2) is 4.99 Å². The molecule has 0 fully saturated rings. The molecule has 0 aliphatic carbocycles. The van der Waals surface area contributed by atoms with Gasteiger partial charge in [0.15, 0.2) is 5.96 Å². The van der Waals surface area contributed by atoms with Crippen LogP contribution in [0.4, 0.5) is 5.69 Å². The third-order valence-electron chi connectivity index (χ3n) is 2.13. The molecule has 8 heteroatoms. The van der Waals surface area contributed by atoms with Crippen LogP contribution in [0.3, 0.4) is 0 Å². The van der Waals surface area contributed by atoms with Gasteiger partial charge in [-0.05, 0) is 24.3 Å². The summed E-state index contributed by atoms with van der Waals surface area (Å²) in [5.74, 6) is 0.805. The number of guanidine groups is 2. The molecule has 1 heterocycles. The van der Waals surface area contributed by atoms with Crippen LogP contribution in [0, 0.1) is 6.92 Å². The molecule has 2 aromatic rings. The highest BCUT2D eigenvalue weighted by Gasteiger charge is 2.05. The van der Waals surface area contributed by atoms with E-state index in [1.54, 1.807) is 31.2 Å². The van der Waals surface area contributed by atoms with E-state index >= 15 is 0 Å². The topological polar surface area (TPSA) is 142 Å². The Morgan fingerprint density at radius 2 is 1.79 bits per heavy atom. The number of benzene rings is 1. The van der Waals surface area contributed by atoms with Crippen LogP contribution in [-0.4, -0.2) is 22.1 Å². The van der Waals surface area contributed by atoms with Crippen LogP contribution in [0.1, 0.15) is 5.89 Å². The molecule has 8 nitrogen and oxygen atoms in total. The third kappa shape index (κ3) is 3.28. The lowest BCUT2D eigenvalue weighted by Crippen LogP contribution is -2.26. The molecule has 98 valence electrons. The van der Waals surface area contributed by atoms with Crippen molar-refractivity contribution in [2.45, 2.75) is 6.92 Å². The van der Waals surface area contributed by atoms with Gasteiger partial charge in [0.1, 0.15) is 0 Å². The summed E-state index contributed by atoms with van der Waals surface area (Å²) in [6, 6.07) is 7.05. The van der Waals surface area contributed by atoms with E-state index in [1.165, 1.54) is 0 Å². The first kappa shape index (κ1) is 12.6. The van der Waals surface area contributed by atoms with Gasteiger partial charge in [-0.2, -0.15) is 4.99 Å². The van der Waals surface area contributed by atoms with Crippen molar-refractivity contribution in [2.24, 2.45) is 27.2 Å². The maximum atomic E-state index is 5.52. The Labute approximate surface area is 109 Å². The van der Waals surface area contributed by atoms with Gasteiger partial charge in [0, 0.05) is 12.5 Å². The van der Waals surface area contributed by atoms with Crippen LogP contribution >= 0.6 is 0 Å². The number of aryl methyl sites for hydroxylation is 1. The highest BCUT2D eigenvalue weighted by molar-refractivity contribution is 5.93. The zero-order valence-corrected chi connectivity index (χ0v) is 10.2. The van der Waals surface area contributed by atoms with Crippen molar-refractivity contribution >= 4 is 17.6 Å². The predicted molar refractivity (Wildman–Crippen MR) is 71.6 cm³/mol. The molecular weight excluding hydrogens is 246 g/mol. The highest BCUT2D eigenvalue weighted by Crippen LogP contribution is 2.21. The van der Waals surface area contributed by atoms with Gasteiger partial charge in [0.25, 0.3) is 0 Å². The summed E-state index contributed by atoms with van der Waals surface area (Å²) in [7, 11) is 0. The zero-order valence-electron chi connectivity index (χ0n) is 10.2. The van der Waals surface area contributed by atoms with E-state index in [0.29, 0.717) is 17.5 Å². The van der Waals surface area contributed by atoms with Crippen molar-refractivity contribution in [1.82, 2.24) is 10.2 Å². The monoisotopic (exact) mass is 259 g/mol. The molecule has 0 bridgehead atoms. The number of hydrogen-bond donors (Lipinski definition) is 3. The summed E-state index contributed by atoms with van der Waals surface area (Å²) in [6.45, 7) is 1.73. The molecule has 0 unspecified atom stereocenters. The van der Waals surface area contributed by atoms with Gasteiger partial charge in [-0.15, -0.1) is 10.2 Å². The second kappa shape index (κ2) is 5.17. The largest absolute Gasteiger partial charge is 0.421 e. The molecule has 0 aliphatic heterocycles. The van der Waals surface area contributed by atoms with Gasteiger partial charge in [-0.1, -0.05) is 0 Å². The Morgan fingerprint density at radius 3 is 2.32 bits per heavy atom. The molecule has 19 heavy (non-hydrogen) atoms. The molecule has 0 atom stereocenters. The Balaban J connectivity index is 2.22. The van der Waals surface area contributed by atoms with Gasteiger partial charge in [0.05, 0.1) is 5.69 Å². The lowest BCUT2D eigenvalue weighted by atomic mass is 10.2. The predicted octanol–water partition coefficient (Wildman–Crippen LogP) is 0.265. The van der Waals surface area contributed by atoms with Gasteiger partial charge >= 0.3 is 0 Å². The number of hydrogen-bond acceptors (Lipinski definition) is 4. The van der Waals surface area contributed by atoms with Crippen molar-refractivity contribution in [3.05, 3.63) is 30.2 Å². The molecule has 0 spiro atoms. The summed E-state index contributed by atoms with van der Waals surface area (Å²) >= 11 is 0. The van der Waals surface area contributed by atoms with Crippen molar-refractivity contribution in [3.8, 4) is 11.5 Å². The molecule has 1 aromatic carbocycles. The third-order valence-corrected chi connectivity index (χ3v) is 2.13. The number of nitrogens with two attached hydrogens (primary N) is 3. The fourth-order valence-corrected chi connectivity index (χ4v) is 1.38. The smallest absolute Gasteiger partial charge is 0.247 e. The molecule has 0 radical (unpaired) electrons. The molecule has 0 aliphatic rings. The normalized spacial score (nSPS) is 11.3. The second-order valence-corrected chi connectivity index (χ2v) is 3.68. The lowest BCUT2D eigenvalue weighted by Gasteiger charge is -1.97. The van der Waals surface area contributed by atoms with Crippen molar-refractivity contribution in [2.75, 3.05) is 0 Å². The maximum Gasteiger partial charge on any atom is 0.247 e. The summed E-state index contributed by atoms with van der Waals surface area (Å²) in [5.41, 5.74) is 17.3. The standard InChI is InChI=1S/C11H13N7O/c1-6-17-18-9(19-6)7-2-4-8(5-3-7)15-11(14)16-10(12)13/h2-5H,1H3,(H6,12,13,14,15,16). The lowest BCUT2D eigenvalue weighted by molar-refractivity contribution is 0.533.